The molecule has 3 amide bonds. The third kappa shape index (κ3) is 4.24. The summed E-state index contributed by atoms with van der Waals surface area (Å²) < 4.78 is 0. The molecule has 3 rings (SSSR count). The van der Waals surface area contributed by atoms with E-state index in [0.29, 0.717) is 5.91 Å². The highest BCUT2D eigenvalue weighted by Gasteiger charge is 2.30. The molecule has 2 aliphatic rings. The molecule has 1 heterocycles. The number of nitrogens with zero attached hydrogens (tertiary/aromatic N) is 1. The molecular weight excluding hydrogens is 290 g/mol. The van der Waals surface area contributed by atoms with E-state index in [4.69, 9.17) is 0 Å². The number of likely N-dealkylation sites (tertiary alicyclic amines) is 1. The summed E-state index contributed by atoms with van der Waals surface area (Å²) in [6.45, 7) is 1.51. The minimum atomic E-state index is -0.170. The molecule has 0 spiro atoms. The first kappa shape index (κ1) is 15.8. The average Bonchev–Trinajstić information content (AvgIpc) is 3.10. The zero-order valence-electron chi connectivity index (χ0n) is 13.5. The molecule has 1 aromatic rings. The van der Waals surface area contributed by atoms with Crippen LogP contribution in [-0.2, 0) is 4.79 Å². The number of piperidine rings is 1. The van der Waals surface area contributed by atoms with Crippen LogP contribution in [0.15, 0.2) is 30.3 Å². The lowest BCUT2D eigenvalue weighted by atomic mass is 10.0. The molecule has 5 heteroatoms. The smallest absolute Gasteiger partial charge is 0.319 e. The van der Waals surface area contributed by atoms with Gasteiger partial charge in [-0.15, -0.1) is 0 Å². The number of benzene rings is 1. The van der Waals surface area contributed by atoms with Crippen molar-refractivity contribution in [2.75, 3.05) is 18.4 Å². The second-order valence-corrected chi connectivity index (χ2v) is 6.55. The number of amides is 3. The van der Waals surface area contributed by atoms with E-state index in [2.05, 4.69) is 10.6 Å². The van der Waals surface area contributed by atoms with E-state index >= 15 is 0 Å². The molecule has 1 saturated heterocycles. The summed E-state index contributed by atoms with van der Waals surface area (Å²) >= 11 is 0. The molecule has 2 N–H and O–H groups in total. The van der Waals surface area contributed by atoms with Crippen LogP contribution in [0.5, 0.6) is 0 Å². The van der Waals surface area contributed by atoms with E-state index < -0.39 is 0 Å². The molecule has 23 heavy (non-hydrogen) atoms. The maximum absolute atomic E-state index is 12.4. The molecule has 0 unspecified atom stereocenters. The quantitative estimate of drug-likeness (QED) is 0.901. The number of hydrogen-bond acceptors (Lipinski definition) is 2. The number of anilines is 1. The first-order valence-corrected chi connectivity index (χ1v) is 8.64. The van der Waals surface area contributed by atoms with Gasteiger partial charge in [0.15, 0.2) is 0 Å². The predicted molar refractivity (Wildman–Crippen MR) is 90.2 cm³/mol. The van der Waals surface area contributed by atoms with Crippen molar-refractivity contribution >= 4 is 17.6 Å². The van der Waals surface area contributed by atoms with Gasteiger partial charge in [-0.1, -0.05) is 31.0 Å². The Balaban J connectivity index is 1.42. The van der Waals surface area contributed by atoms with Crippen molar-refractivity contribution in [3.8, 4) is 0 Å². The van der Waals surface area contributed by atoms with E-state index in [9.17, 15) is 9.59 Å². The van der Waals surface area contributed by atoms with Gasteiger partial charge in [-0.3, -0.25) is 4.79 Å². The van der Waals surface area contributed by atoms with Gasteiger partial charge in [0, 0.05) is 30.7 Å². The maximum Gasteiger partial charge on any atom is 0.319 e. The Hall–Kier alpha value is -2.04. The van der Waals surface area contributed by atoms with Gasteiger partial charge in [0.1, 0.15) is 0 Å². The van der Waals surface area contributed by atoms with Crippen LogP contribution < -0.4 is 10.6 Å². The second-order valence-electron chi connectivity index (χ2n) is 6.55. The molecule has 5 nitrogen and oxygen atoms in total. The second kappa shape index (κ2) is 7.49. The Morgan fingerprint density at radius 2 is 1.61 bits per heavy atom. The normalized spacial score (nSPS) is 19.6. The van der Waals surface area contributed by atoms with Crippen LogP contribution in [0.25, 0.3) is 0 Å². The van der Waals surface area contributed by atoms with Crippen LogP contribution in [-0.4, -0.2) is 36.0 Å². The molecule has 2 fully saturated rings. The summed E-state index contributed by atoms with van der Waals surface area (Å²) in [6, 6.07) is 9.40. The number of para-hydroxylation sites is 1. The summed E-state index contributed by atoms with van der Waals surface area (Å²) in [6.07, 6.45) is 6.15. The van der Waals surface area contributed by atoms with Gasteiger partial charge in [0.2, 0.25) is 5.91 Å². The third-order valence-corrected chi connectivity index (χ3v) is 4.88. The topological polar surface area (TPSA) is 61.4 Å². The van der Waals surface area contributed by atoms with Crippen LogP contribution >= 0.6 is 0 Å². The Kier molecular flexibility index (Phi) is 5.16. The predicted octanol–water partition coefficient (Wildman–Crippen LogP) is 2.99. The van der Waals surface area contributed by atoms with Crippen LogP contribution in [0, 0.1) is 5.92 Å². The number of urea groups is 1. The zero-order valence-corrected chi connectivity index (χ0v) is 13.5. The highest BCUT2D eigenvalue weighted by atomic mass is 16.2. The lowest BCUT2D eigenvalue weighted by molar-refractivity contribution is -0.136. The fraction of sp³-hybridized carbons (Fsp3) is 0.556. The monoisotopic (exact) mass is 315 g/mol. The number of hydrogen-bond donors (Lipinski definition) is 2. The molecule has 1 saturated carbocycles. The van der Waals surface area contributed by atoms with Crippen molar-refractivity contribution in [1.29, 1.82) is 0 Å². The third-order valence-electron chi connectivity index (χ3n) is 4.88. The van der Waals surface area contributed by atoms with Gasteiger partial charge in [0.05, 0.1) is 0 Å². The summed E-state index contributed by atoms with van der Waals surface area (Å²) in [7, 11) is 0. The van der Waals surface area contributed by atoms with Crippen LogP contribution in [0.4, 0.5) is 10.5 Å². The lowest BCUT2D eigenvalue weighted by Crippen LogP contribution is -2.48. The van der Waals surface area contributed by atoms with Gasteiger partial charge < -0.3 is 15.5 Å². The molecule has 124 valence electrons. The Bertz CT molecular complexity index is 532. The van der Waals surface area contributed by atoms with Crippen LogP contribution in [0.2, 0.25) is 0 Å². The zero-order chi connectivity index (χ0) is 16.1. The average molecular weight is 315 g/mol. The van der Waals surface area contributed by atoms with E-state index in [1.807, 2.05) is 35.2 Å². The minimum absolute atomic E-state index is 0.145. The first-order chi connectivity index (χ1) is 11.2. The summed E-state index contributed by atoms with van der Waals surface area (Å²) in [4.78, 5) is 26.4. The van der Waals surface area contributed by atoms with Gasteiger partial charge in [0.25, 0.3) is 0 Å². The van der Waals surface area contributed by atoms with E-state index in [1.54, 1.807) is 0 Å². The molecule has 0 aromatic heterocycles. The van der Waals surface area contributed by atoms with Gasteiger partial charge in [-0.2, -0.15) is 0 Å². The van der Waals surface area contributed by atoms with Gasteiger partial charge in [-0.25, -0.2) is 4.79 Å². The summed E-state index contributed by atoms with van der Waals surface area (Å²) in [5.41, 5.74) is 0.791. The van der Waals surface area contributed by atoms with Crippen molar-refractivity contribution in [3.05, 3.63) is 30.3 Å². The van der Waals surface area contributed by atoms with E-state index in [0.717, 1.165) is 44.5 Å². The first-order valence-electron chi connectivity index (χ1n) is 8.64. The van der Waals surface area contributed by atoms with E-state index in [-0.39, 0.29) is 18.0 Å². The fourth-order valence-electron chi connectivity index (χ4n) is 3.55. The van der Waals surface area contributed by atoms with Crippen LogP contribution in [0.3, 0.4) is 0 Å². The molecule has 0 radical (unpaired) electrons. The van der Waals surface area contributed by atoms with Crippen molar-refractivity contribution in [1.82, 2.24) is 10.2 Å². The molecule has 1 aromatic carbocycles. The lowest BCUT2D eigenvalue weighted by Gasteiger charge is -2.33. The number of carbonyl (C=O) groups excluding carboxylic acids is 2. The maximum atomic E-state index is 12.4. The SMILES string of the molecule is O=C(Nc1ccccc1)NC1CCN(C(=O)C2CCCC2)CC1. The molecule has 0 bridgehead atoms. The van der Waals surface area contributed by atoms with Crippen molar-refractivity contribution in [2.45, 2.75) is 44.6 Å². The van der Waals surface area contributed by atoms with Crippen molar-refractivity contribution < 1.29 is 9.59 Å². The fourth-order valence-corrected chi connectivity index (χ4v) is 3.55. The largest absolute Gasteiger partial charge is 0.342 e. The summed E-state index contributed by atoms with van der Waals surface area (Å²) in [5.74, 6) is 0.579. The van der Waals surface area contributed by atoms with Crippen molar-refractivity contribution in [3.63, 3.8) is 0 Å². The molecule has 1 aliphatic carbocycles. The standard InChI is InChI=1S/C18H25N3O2/c22-17(14-6-4-5-7-14)21-12-10-16(11-13-21)20-18(23)19-15-8-2-1-3-9-15/h1-3,8-9,14,16H,4-7,10-13H2,(H2,19,20,23). The van der Waals surface area contributed by atoms with Crippen LogP contribution in [0.1, 0.15) is 38.5 Å². The Morgan fingerprint density at radius 3 is 2.26 bits per heavy atom. The molecular formula is C18H25N3O2. The number of carbonyl (C=O) groups is 2. The highest BCUT2D eigenvalue weighted by Crippen LogP contribution is 2.27. The van der Waals surface area contributed by atoms with Gasteiger partial charge >= 0.3 is 6.03 Å². The number of rotatable bonds is 3. The molecule has 1 aliphatic heterocycles. The minimum Gasteiger partial charge on any atom is -0.342 e. The molecule has 0 atom stereocenters. The highest BCUT2D eigenvalue weighted by molar-refractivity contribution is 5.89. The van der Waals surface area contributed by atoms with Gasteiger partial charge in [-0.05, 0) is 37.8 Å². The van der Waals surface area contributed by atoms with Crippen molar-refractivity contribution in [2.24, 2.45) is 5.92 Å². The Labute approximate surface area is 137 Å². The Morgan fingerprint density at radius 1 is 0.957 bits per heavy atom. The number of nitrogens with one attached hydrogen (secondary N) is 2. The van der Waals surface area contributed by atoms with E-state index in [1.165, 1.54) is 12.8 Å². The summed E-state index contributed by atoms with van der Waals surface area (Å²) in [5, 5.41) is 5.85.